The van der Waals surface area contributed by atoms with Gasteiger partial charge >= 0.3 is 6.18 Å². The van der Waals surface area contributed by atoms with Crippen molar-refractivity contribution in [2.75, 3.05) is 26.2 Å². The van der Waals surface area contributed by atoms with Crippen LogP contribution in [-0.2, 0) is 6.18 Å². The minimum Gasteiger partial charge on any atom is -0.338 e. The summed E-state index contributed by atoms with van der Waals surface area (Å²) in [5.74, 6) is 0.0472. The van der Waals surface area contributed by atoms with E-state index < -0.39 is 17.8 Å². The molecule has 2 aliphatic heterocycles. The van der Waals surface area contributed by atoms with Crippen LogP contribution in [0.1, 0.15) is 21.6 Å². The molecule has 2 atom stereocenters. The molecular formula is C18H19F3N4O. The topological polar surface area (TPSA) is 50.2 Å². The highest BCUT2D eigenvalue weighted by Gasteiger charge is 2.44. The highest BCUT2D eigenvalue weighted by molar-refractivity contribution is 5.95. The van der Waals surface area contributed by atoms with E-state index in [1.807, 2.05) is 0 Å². The van der Waals surface area contributed by atoms with Crippen LogP contribution < -0.4 is 5.32 Å². The zero-order valence-corrected chi connectivity index (χ0v) is 14.3. The fraction of sp³-hybridized carbons (Fsp3) is 0.444. The molecule has 0 unspecified atom stereocenters. The highest BCUT2D eigenvalue weighted by Crippen LogP contribution is 2.36. The number of nitrogens with one attached hydrogen (secondary N) is 1. The van der Waals surface area contributed by atoms with Crippen LogP contribution in [0.2, 0.25) is 0 Å². The number of carbonyl (C=O) groups excluding carboxylic acids is 1. The molecule has 0 spiro atoms. The third kappa shape index (κ3) is 2.78. The summed E-state index contributed by atoms with van der Waals surface area (Å²) in [6.07, 6.45) is -3.63. The van der Waals surface area contributed by atoms with E-state index in [-0.39, 0.29) is 5.56 Å². The molecule has 138 valence electrons. The predicted octanol–water partition coefficient (Wildman–Crippen LogP) is 2.49. The number of halogens is 3. The Labute approximate surface area is 148 Å². The molecule has 1 aromatic carbocycles. The number of hydrogen-bond donors (Lipinski definition) is 1. The van der Waals surface area contributed by atoms with Gasteiger partial charge in [0.15, 0.2) is 5.69 Å². The van der Waals surface area contributed by atoms with Crippen molar-refractivity contribution >= 4 is 5.91 Å². The molecule has 8 heteroatoms. The van der Waals surface area contributed by atoms with Crippen molar-refractivity contribution in [3.63, 3.8) is 0 Å². The number of aromatic nitrogens is 2. The lowest BCUT2D eigenvalue weighted by Gasteiger charge is -2.19. The van der Waals surface area contributed by atoms with Gasteiger partial charge < -0.3 is 10.2 Å². The number of likely N-dealkylation sites (tertiary alicyclic amines) is 1. The lowest BCUT2D eigenvalue weighted by molar-refractivity contribution is -0.143. The van der Waals surface area contributed by atoms with Gasteiger partial charge in [-0.05, 0) is 30.4 Å². The summed E-state index contributed by atoms with van der Waals surface area (Å²) in [6, 6.07) is 6.68. The summed E-state index contributed by atoms with van der Waals surface area (Å²) >= 11 is 0. The second-order valence-electron chi connectivity index (χ2n) is 6.99. The first kappa shape index (κ1) is 17.1. The molecule has 3 heterocycles. The smallest absolute Gasteiger partial charge is 0.338 e. The van der Waals surface area contributed by atoms with Crippen molar-refractivity contribution in [1.29, 1.82) is 0 Å². The summed E-state index contributed by atoms with van der Waals surface area (Å²) in [5.41, 5.74) is -0.413. The summed E-state index contributed by atoms with van der Waals surface area (Å²) in [5, 5.41) is 7.17. The molecule has 0 bridgehead atoms. The molecule has 0 saturated carbocycles. The zero-order valence-electron chi connectivity index (χ0n) is 14.3. The predicted molar refractivity (Wildman–Crippen MR) is 89.1 cm³/mol. The van der Waals surface area contributed by atoms with E-state index in [0.29, 0.717) is 36.2 Å². The van der Waals surface area contributed by atoms with Crippen LogP contribution in [0.15, 0.2) is 30.5 Å². The van der Waals surface area contributed by atoms with Gasteiger partial charge in [0.2, 0.25) is 0 Å². The fourth-order valence-corrected chi connectivity index (χ4v) is 3.95. The number of fused-ring (bicyclic) bond motifs is 1. The number of rotatable bonds is 2. The summed E-state index contributed by atoms with van der Waals surface area (Å²) in [6.45, 7) is 4.31. The Morgan fingerprint density at radius 3 is 2.46 bits per heavy atom. The number of benzene rings is 1. The maximum atomic E-state index is 13.8. The number of para-hydroxylation sites is 1. The third-order valence-corrected chi connectivity index (χ3v) is 5.29. The summed E-state index contributed by atoms with van der Waals surface area (Å²) in [7, 11) is 0. The average molecular weight is 364 g/mol. The van der Waals surface area contributed by atoms with E-state index in [9.17, 15) is 18.0 Å². The summed E-state index contributed by atoms with van der Waals surface area (Å²) < 4.78 is 42.2. The van der Waals surface area contributed by atoms with E-state index in [1.54, 1.807) is 31.2 Å². The Balaban J connectivity index is 1.73. The molecule has 0 radical (unpaired) electrons. The fourth-order valence-electron chi connectivity index (χ4n) is 3.95. The first-order valence-electron chi connectivity index (χ1n) is 8.57. The Morgan fingerprint density at radius 2 is 1.85 bits per heavy atom. The van der Waals surface area contributed by atoms with Crippen LogP contribution in [0.5, 0.6) is 0 Å². The number of nitrogens with zero attached hydrogens (tertiary/aromatic N) is 3. The van der Waals surface area contributed by atoms with Crippen molar-refractivity contribution in [3.05, 3.63) is 47.3 Å². The van der Waals surface area contributed by atoms with Crippen LogP contribution in [0.4, 0.5) is 13.2 Å². The molecular weight excluding hydrogens is 345 g/mol. The van der Waals surface area contributed by atoms with Gasteiger partial charge in [-0.2, -0.15) is 18.3 Å². The average Bonchev–Trinajstić information content (AvgIpc) is 3.27. The van der Waals surface area contributed by atoms with Crippen LogP contribution >= 0.6 is 0 Å². The quantitative estimate of drug-likeness (QED) is 0.891. The molecule has 2 saturated heterocycles. The van der Waals surface area contributed by atoms with Gasteiger partial charge in [-0.3, -0.25) is 4.79 Å². The van der Waals surface area contributed by atoms with Crippen LogP contribution in [0.25, 0.3) is 5.69 Å². The second kappa shape index (κ2) is 6.12. The van der Waals surface area contributed by atoms with Gasteiger partial charge in [0, 0.05) is 26.2 Å². The normalized spacial score (nSPS) is 22.7. The molecule has 1 aromatic heterocycles. The Hall–Kier alpha value is -2.35. The summed E-state index contributed by atoms with van der Waals surface area (Å²) in [4.78, 5) is 14.4. The zero-order chi connectivity index (χ0) is 18.5. The largest absolute Gasteiger partial charge is 0.434 e. The molecule has 2 aliphatic rings. The number of amides is 1. The number of alkyl halides is 3. The van der Waals surface area contributed by atoms with Crippen LogP contribution in [0.3, 0.4) is 0 Å². The highest BCUT2D eigenvalue weighted by atomic mass is 19.4. The number of hydrogen-bond acceptors (Lipinski definition) is 3. The monoisotopic (exact) mass is 364 g/mol. The minimum atomic E-state index is -4.68. The van der Waals surface area contributed by atoms with Gasteiger partial charge in [0.1, 0.15) is 0 Å². The Bertz CT molecular complexity index is 833. The van der Waals surface area contributed by atoms with E-state index in [4.69, 9.17) is 0 Å². The molecule has 1 amide bonds. The van der Waals surface area contributed by atoms with E-state index in [0.717, 1.165) is 24.0 Å². The van der Waals surface area contributed by atoms with Crippen LogP contribution in [-0.4, -0.2) is 46.8 Å². The Morgan fingerprint density at radius 1 is 1.19 bits per heavy atom. The van der Waals surface area contributed by atoms with Crippen molar-refractivity contribution < 1.29 is 18.0 Å². The standard InChI is InChI=1S/C18H19F3N4O/c1-11-4-2-3-5-15(11)25-16(18(19,20)21)14(8-23-25)17(26)24-9-12-6-22-7-13(12)10-24/h2-5,8,12-13,22H,6-7,9-10H2,1H3/t12-,13+. The number of aryl methyl sites for hydroxylation is 1. The van der Waals surface area contributed by atoms with Gasteiger partial charge in [-0.15, -0.1) is 0 Å². The second-order valence-corrected chi connectivity index (χ2v) is 6.99. The van der Waals surface area contributed by atoms with Crippen LogP contribution in [0, 0.1) is 18.8 Å². The van der Waals surface area contributed by atoms with E-state index in [2.05, 4.69) is 10.4 Å². The lowest BCUT2D eigenvalue weighted by atomic mass is 10.0. The van der Waals surface area contributed by atoms with E-state index in [1.165, 1.54) is 4.90 Å². The van der Waals surface area contributed by atoms with Crippen molar-refractivity contribution in [2.45, 2.75) is 13.1 Å². The van der Waals surface area contributed by atoms with Gasteiger partial charge in [-0.1, -0.05) is 18.2 Å². The minimum absolute atomic E-state index is 0.319. The first-order valence-corrected chi connectivity index (χ1v) is 8.57. The Kier molecular flexibility index (Phi) is 4.02. The van der Waals surface area contributed by atoms with Crippen molar-refractivity contribution in [3.8, 4) is 5.69 Å². The number of carbonyl (C=O) groups is 1. The molecule has 26 heavy (non-hydrogen) atoms. The SMILES string of the molecule is Cc1ccccc1-n1ncc(C(=O)N2C[C@H]3CNC[C@H]3C2)c1C(F)(F)F. The maximum absolute atomic E-state index is 13.8. The molecule has 2 fully saturated rings. The van der Waals surface area contributed by atoms with Crippen molar-refractivity contribution in [2.24, 2.45) is 11.8 Å². The molecule has 5 nitrogen and oxygen atoms in total. The van der Waals surface area contributed by atoms with Crippen molar-refractivity contribution in [1.82, 2.24) is 20.0 Å². The molecule has 4 rings (SSSR count). The third-order valence-electron chi connectivity index (χ3n) is 5.29. The molecule has 1 N–H and O–H groups in total. The van der Waals surface area contributed by atoms with Gasteiger partial charge in [-0.25, -0.2) is 4.68 Å². The lowest BCUT2D eigenvalue weighted by Crippen LogP contribution is -2.33. The van der Waals surface area contributed by atoms with E-state index >= 15 is 0 Å². The molecule has 2 aromatic rings. The maximum Gasteiger partial charge on any atom is 0.434 e. The molecule has 0 aliphatic carbocycles. The first-order chi connectivity index (χ1) is 12.4. The van der Waals surface area contributed by atoms with Gasteiger partial charge in [0.25, 0.3) is 5.91 Å². The van der Waals surface area contributed by atoms with Gasteiger partial charge in [0.05, 0.1) is 17.4 Å².